The standard InChI is InChI=1S/C25H32N6O/c1-18-23(21-7-4-10-27-17-21)30-25(31-24(18)29-22-8-13-32-14-9-22)20-6-3-5-19(15-20)16-28-12-11-26-2/h3-7,10,15,17,22,26,28H,8-9,11-14,16H2,1-2H3,(H,29,30,31). The summed E-state index contributed by atoms with van der Waals surface area (Å²) >= 11 is 0. The molecule has 1 fully saturated rings. The maximum atomic E-state index is 5.52. The van der Waals surface area contributed by atoms with E-state index in [-0.39, 0.29) is 0 Å². The molecule has 0 bridgehead atoms. The molecule has 1 aromatic carbocycles. The lowest BCUT2D eigenvalue weighted by atomic mass is 10.1. The molecule has 0 unspecified atom stereocenters. The van der Waals surface area contributed by atoms with Crippen molar-refractivity contribution >= 4 is 5.82 Å². The summed E-state index contributed by atoms with van der Waals surface area (Å²) in [6.45, 7) is 6.32. The molecule has 0 aliphatic carbocycles. The van der Waals surface area contributed by atoms with Crippen molar-refractivity contribution in [2.75, 3.05) is 38.7 Å². The Morgan fingerprint density at radius 3 is 2.66 bits per heavy atom. The average molecular weight is 433 g/mol. The zero-order chi connectivity index (χ0) is 22.2. The normalized spacial score (nSPS) is 14.4. The summed E-state index contributed by atoms with van der Waals surface area (Å²) in [5.74, 6) is 1.61. The van der Waals surface area contributed by atoms with E-state index < -0.39 is 0 Å². The van der Waals surface area contributed by atoms with Crippen LogP contribution in [-0.4, -0.2) is 54.3 Å². The van der Waals surface area contributed by atoms with Gasteiger partial charge in [0.15, 0.2) is 5.82 Å². The highest BCUT2D eigenvalue weighted by molar-refractivity contribution is 5.71. The van der Waals surface area contributed by atoms with Gasteiger partial charge in [0, 0.05) is 68.0 Å². The number of anilines is 1. The molecule has 0 saturated carbocycles. The van der Waals surface area contributed by atoms with Crippen LogP contribution in [0, 0.1) is 6.92 Å². The number of benzene rings is 1. The molecule has 3 aromatic rings. The molecule has 1 saturated heterocycles. The fraction of sp³-hybridized carbons (Fsp3) is 0.400. The predicted octanol–water partition coefficient (Wildman–Crippen LogP) is 3.41. The quantitative estimate of drug-likeness (QED) is 0.447. The topological polar surface area (TPSA) is 84.0 Å². The number of likely N-dealkylation sites (N-methyl/N-ethyl adjacent to an activating group) is 1. The minimum atomic E-state index is 0.356. The summed E-state index contributed by atoms with van der Waals surface area (Å²) in [5, 5.41) is 10.3. The van der Waals surface area contributed by atoms with Crippen molar-refractivity contribution in [3.8, 4) is 22.6 Å². The van der Waals surface area contributed by atoms with Crippen molar-refractivity contribution in [2.24, 2.45) is 0 Å². The van der Waals surface area contributed by atoms with E-state index in [1.165, 1.54) is 5.56 Å². The Bertz CT molecular complexity index is 1000. The number of aromatic nitrogens is 3. The van der Waals surface area contributed by atoms with Crippen LogP contribution in [0.4, 0.5) is 5.82 Å². The fourth-order valence-corrected chi connectivity index (χ4v) is 3.87. The lowest BCUT2D eigenvalue weighted by Crippen LogP contribution is -2.28. The van der Waals surface area contributed by atoms with Gasteiger partial charge in [-0.05, 0) is 50.6 Å². The van der Waals surface area contributed by atoms with E-state index in [0.717, 1.165) is 79.7 Å². The number of nitrogens with one attached hydrogen (secondary N) is 3. The third-order valence-corrected chi connectivity index (χ3v) is 5.71. The van der Waals surface area contributed by atoms with Crippen molar-refractivity contribution in [3.63, 3.8) is 0 Å². The van der Waals surface area contributed by atoms with Gasteiger partial charge in [0.1, 0.15) is 5.82 Å². The van der Waals surface area contributed by atoms with Gasteiger partial charge in [-0.15, -0.1) is 0 Å². The lowest BCUT2D eigenvalue weighted by Gasteiger charge is -2.25. The van der Waals surface area contributed by atoms with Crippen LogP contribution < -0.4 is 16.0 Å². The monoisotopic (exact) mass is 432 g/mol. The van der Waals surface area contributed by atoms with E-state index in [9.17, 15) is 0 Å². The van der Waals surface area contributed by atoms with Crippen LogP contribution in [-0.2, 0) is 11.3 Å². The van der Waals surface area contributed by atoms with Crippen LogP contribution in [0.1, 0.15) is 24.0 Å². The maximum absolute atomic E-state index is 5.52. The summed E-state index contributed by atoms with van der Waals surface area (Å²) in [4.78, 5) is 14.2. The van der Waals surface area contributed by atoms with Gasteiger partial charge in [0.2, 0.25) is 0 Å². The van der Waals surface area contributed by atoms with Crippen LogP contribution in [0.15, 0.2) is 48.8 Å². The maximum Gasteiger partial charge on any atom is 0.162 e. The van der Waals surface area contributed by atoms with E-state index >= 15 is 0 Å². The molecule has 32 heavy (non-hydrogen) atoms. The molecule has 3 heterocycles. The van der Waals surface area contributed by atoms with E-state index in [0.29, 0.717) is 6.04 Å². The second-order valence-electron chi connectivity index (χ2n) is 8.12. The number of ether oxygens (including phenoxy) is 1. The molecule has 0 amide bonds. The molecule has 0 radical (unpaired) electrons. The van der Waals surface area contributed by atoms with Crippen molar-refractivity contribution in [1.29, 1.82) is 0 Å². The average Bonchev–Trinajstić information content (AvgIpc) is 2.84. The number of hydrogen-bond acceptors (Lipinski definition) is 7. The Balaban J connectivity index is 1.67. The van der Waals surface area contributed by atoms with Crippen LogP contribution in [0.2, 0.25) is 0 Å². The SMILES string of the molecule is CNCCNCc1cccc(-c2nc(NC3CCOCC3)c(C)c(-c3cccnc3)n2)c1. The van der Waals surface area contributed by atoms with Gasteiger partial charge in [0.05, 0.1) is 5.69 Å². The number of nitrogens with zero attached hydrogens (tertiary/aromatic N) is 3. The molecule has 1 aliphatic heterocycles. The second-order valence-corrected chi connectivity index (χ2v) is 8.12. The zero-order valence-electron chi connectivity index (χ0n) is 18.9. The van der Waals surface area contributed by atoms with Gasteiger partial charge in [-0.3, -0.25) is 4.98 Å². The Labute approximate surface area is 190 Å². The summed E-state index contributed by atoms with van der Waals surface area (Å²) in [7, 11) is 1.96. The first-order valence-corrected chi connectivity index (χ1v) is 11.3. The third kappa shape index (κ3) is 5.68. The minimum Gasteiger partial charge on any atom is -0.381 e. The Morgan fingerprint density at radius 1 is 1.03 bits per heavy atom. The summed E-state index contributed by atoms with van der Waals surface area (Å²) in [6.07, 6.45) is 5.61. The second kappa shape index (κ2) is 11.1. The molecular weight excluding hydrogens is 400 g/mol. The van der Waals surface area contributed by atoms with Crippen LogP contribution in [0.5, 0.6) is 0 Å². The van der Waals surface area contributed by atoms with Gasteiger partial charge in [-0.25, -0.2) is 9.97 Å². The highest BCUT2D eigenvalue weighted by atomic mass is 16.5. The molecule has 1 aliphatic rings. The number of hydrogen-bond donors (Lipinski definition) is 3. The van der Waals surface area contributed by atoms with E-state index in [2.05, 4.69) is 52.1 Å². The molecular formula is C25H32N6O. The van der Waals surface area contributed by atoms with Gasteiger partial charge in [0.25, 0.3) is 0 Å². The number of pyridine rings is 1. The summed E-state index contributed by atoms with van der Waals surface area (Å²) in [5.41, 5.74) is 5.17. The Morgan fingerprint density at radius 2 is 1.88 bits per heavy atom. The van der Waals surface area contributed by atoms with E-state index in [1.54, 1.807) is 6.20 Å². The summed E-state index contributed by atoms with van der Waals surface area (Å²) < 4.78 is 5.52. The van der Waals surface area contributed by atoms with Crippen LogP contribution >= 0.6 is 0 Å². The molecule has 2 aromatic heterocycles. The minimum absolute atomic E-state index is 0.356. The van der Waals surface area contributed by atoms with Crippen molar-refractivity contribution < 1.29 is 4.74 Å². The molecule has 168 valence electrons. The van der Waals surface area contributed by atoms with Gasteiger partial charge >= 0.3 is 0 Å². The first-order chi connectivity index (χ1) is 15.7. The highest BCUT2D eigenvalue weighted by Crippen LogP contribution is 2.30. The smallest absolute Gasteiger partial charge is 0.162 e. The van der Waals surface area contributed by atoms with Crippen molar-refractivity contribution in [1.82, 2.24) is 25.6 Å². The van der Waals surface area contributed by atoms with Gasteiger partial charge in [-0.1, -0.05) is 18.2 Å². The first-order valence-electron chi connectivity index (χ1n) is 11.3. The highest BCUT2D eigenvalue weighted by Gasteiger charge is 2.19. The predicted molar refractivity (Wildman–Crippen MR) is 129 cm³/mol. The lowest BCUT2D eigenvalue weighted by molar-refractivity contribution is 0.0904. The molecule has 4 rings (SSSR count). The van der Waals surface area contributed by atoms with Gasteiger partial charge in [-0.2, -0.15) is 0 Å². The van der Waals surface area contributed by atoms with Gasteiger partial charge < -0.3 is 20.7 Å². The first kappa shape index (κ1) is 22.3. The number of rotatable bonds is 9. The van der Waals surface area contributed by atoms with Crippen molar-refractivity contribution in [2.45, 2.75) is 32.4 Å². The Kier molecular flexibility index (Phi) is 7.77. The van der Waals surface area contributed by atoms with Crippen LogP contribution in [0.25, 0.3) is 22.6 Å². The Hall–Kier alpha value is -2.87. The largest absolute Gasteiger partial charge is 0.381 e. The zero-order valence-corrected chi connectivity index (χ0v) is 18.9. The van der Waals surface area contributed by atoms with Crippen molar-refractivity contribution in [3.05, 3.63) is 59.9 Å². The molecule has 0 atom stereocenters. The molecule has 7 nitrogen and oxygen atoms in total. The molecule has 3 N–H and O–H groups in total. The van der Waals surface area contributed by atoms with E-state index in [4.69, 9.17) is 14.7 Å². The van der Waals surface area contributed by atoms with E-state index in [1.807, 2.05) is 25.4 Å². The van der Waals surface area contributed by atoms with Crippen LogP contribution in [0.3, 0.4) is 0 Å². The molecule has 0 spiro atoms. The summed E-state index contributed by atoms with van der Waals surface area (Å²) in [6, 6.07) is 12.8. The molecule has 7 heteroatoms. The fourth-order valence-electron chi connectivity index (χ4n) is 3.87. The third-order valence-electron chi connectivity index (χ3n) is 5.71.